The molecule has 23 heavy (non-hydrogen) atoms. The zero-order valence-electron chi connectivity index (χ0n) is 13.3. The van der Waals surface area contributed by atoms with Gasteiger partial charge < -0.3 is 19.3 Å². The summed E-state index contributed by atoms with van der Waals surface area (Å²) in [5.41, 5.74) is 5.53. The Bertz CT molecular complexity index is 660. The van der Waals surface area contributed by atoms with E-state index >= 15 is 0 Å². The molecule has 0 aliphatic carbocycles. The Hall–Kier alpha value is -2.18. The van der Waals surface area contributed by atoms with E-state index in [1.807, 2.05) is 56.3 Å². The molecule has 0 saturated heterocycles. The van der Waals surface area contributed by atoms with Crippen LogP contribution in [0.1, 0.15) is 19.4 Å². The average Bonchev–Trinajstić information content (AvgIpc) is 2.54. The highest BCUT2D eigenvalue weighted by Gasteiger charge is 2.24. The third-order valence-electron chi connectivity index (χ3n) is 3.54. The summed E-state index contributed by atoms with van der Waals surface area (Å²) in [5.74, 6) is 1.48. The van der Waals surface area contributed by atoms with Gasteiger partial charge in [0.15, 0.2) is 5.75 Å². The van der Waals surface area contributed by atoms with Crippen LogP contribution in [0.25, 0.3) is 0 Å². The van der Waals surface area contributed by atoms with Crippen LogP contribution in [0.4, 0.5) is 5.69 Å². The van der Waals surface area contributed by atoms with E-state index < -0.39 is 7.12 Å². The Kier molecular flexibility index (Phi) is 4.74. The van der Waals surface area contributed by atoms with Gasteiger partial charge in [0.05, 0.1) is 11.8 Å². The van der Waals surface area contributed by atoms with Crippen molar-refractivity contribution in [1.29, 1.82) is 0 Å². The predicted octanol–water partition coefficient (Wildman–Crippen LogP) is 2.14. The van der Waals surface area contributed by atoms with E-state index in [9.17, 15) is 5.02 Å². The molecule has 0 bridgehead atoms. The van der Waals surface area contributed by atoms with Crippen molar-refractivity contribution in [3.63, 3.8) is 0 Å². The number of rotatable bonds is 5. The lowest BCUT2D eigenvalue weighted by atomic mass is 9.73. The van der Waals surface area contributed by atoms with Crippen molar-refractivity contribution in [3.05, 3.63) is 48.0 Å². The standard InChI is InChI=1S/C17H20BNO4/c1-12(2)22-15-5-7-16(8-6-15)23-19-14-4-3-13-9-10-21-18(20)17(13)11-14/h3-8,11-12,19-20H,9-10H2,1-2H3. The fraction of sp³-hybridized carbons (Fsp3) is 0.294. The molecule has 1 heterocycles. The Balaban J connectivity index is 1.63. The lowest BCUT2D eigenvalue weighted by Crippen LogP contribution is -2.41. The van der Waals surface area contributed by atoms with Gasteiger partial charge in [-0.2, -0.15) is 0 Å². The first-order chi connectivity index (χ1) is 11.1. The van der Waals surface area contributed by atoms with Gasteiger partial charge in [-0.05, 0) is 67.7 Å². The zero-order chi connectivity index (χ0) is 16.2. The van der Waals surface area contributed by atoms with Crippen molar-refractivity contribution in [2.75, 3.05) is 12.1 Å². The molecule has 1 aliphatic rings. The minimum atomic E-state index is -0.868. The molecule has 2 aromatic rings. The summed E-state index contributed by atoms with van der Waals surface area (Å²) in [6.45, 7) is 4.52. The monoisotopic (exact) mass is 313 g/mol. The Labute approximate surface area is 136 Å². The minimum absolute atomic E-state index is 0.143. The molecular weight excluding hydrogens is 293 g/mol. The Morgan fingerprint density at radius 3 is 2.61 bits per heavy atom. The third kappa shape index (κ3) is 3.97. The smallest absolute Gasteiger partial charge is 0.491 e. The third-order valence-corrected chi connectivity index (χ3v) is 3.54. The van der Waals surface area contributed by atoms with E-state index in [4.69, 9.17) is 14.2 Å². The van der Waals surface area contributed by atoms with Crippen LogP contribution in [0.2, 0.25) is 0 Å². The fourth-order valence-corrected chi connectivity index (χ4v) is 2.46. The molecule has 0 saturated carbocycles. The van der Waals surface area contributed by atoms with Crippen molar-refractivity contribution in [3.8, 4) is 11.5 Å². The molecule has 0 fully saturated rings. The second-order valence-corrected chi connectivity index (χ2v) is 5.73. The second kappa shape index (κ2) is 6.94. The number of nitrogens with one attached hydrogen (secondary N) is 1. The quantitative estimate of drug-likeness (QED) is 0.654. The molecule has 0 atom stereocenters. The van der Waals surface area contributed by atoms with Gasteiger partial charge in [-0.1, -0.05) is 6.07 Å². The maximum Gasteiger partial charge on any atom is 0.491 e. The summed E-state index contributed by atoms with van der Waals surface area (Å²) >= 11 is 0. The van der Waals surface area contributed by atoms with Crippen LogP contribution < -0.4 is 20.5 Å². The van der Waals surface area contributed by atoms with Gasteiger partial charge in [0, 0.05) is 6.61 Å². The highest BCUT2D eigenvalue weighted by Crippen LogP contribution is 2.19. The Morgan fingerprint density at radius 1 is 1.13 bits per heavy atom. The van der Waals surface area contributed by atoms with Crippen molar-refractivity contribution in [2.24, 2.45) is 0 Å². The summed E-state index contributed by atoms with van der Waals surface area (Å²) in [6, 6.07) is 13.1. The van der Waals surface area contributed by atoms with Crippen LogP contribution in [0.15, 0.2) is 42.5 Å². The first kappa shape index (κ1) is 15.7. The Morgan fingerprint density at radius 2 is 1.87 bits per heavy atom. The lowest BCUT2D eigenvalue weighted by Gasteiger charge is -2.20. The van der Waals surface area contributed by atoms with Gasteiger partial charge in [-0.25, -0.2) is 5.48 Å². The molecule has 1 aliphatic heterocycles. The van der Waals surface area contributed by atoms with Crippen molar-refractivity contribution >= 4 is 18.3 Å². The number of benzene rings is 2. The minimum Gasteiger partial charge on any atom is -0.491 e. The number of hydrogen-bond acceptors (Lipinski definition) is 5. The topological polar surface area (TPSA) is 60.0 Å². The summed E-state index contributed by atoms with van der Waals surface area (Å²) in [6.07, 6.45) is 0.953. The summed E-state index contributed by atoms with van der Waals surface area (Å²) in [4.78, 5) is 5.55. The van der Waals surface area contributed by atoms with Crippen LogP contribution in [-0.4, -0.2) is 24.9 Å². The molecule has 0 radical (unpaired) electrons. The largest absolute Gasteiger partial charge is 0.491 e. The van der Waals surface area contributed by atoms with E-state index in [-0.39, 0.29) is 6.10 Å². The van der Waals surface area contributed by atoms with E-state index in [2.05, 4.69) is 5.48 Å². The van der Waals surface area contributed by atoms with Crippen LogP contribution in [0, 0.1) is 0 Å². The first-order valence-electron chi connectivity index (χ1n) is 7.74. The van der Waals surface area contributed by atoms with E-state index in [0.717, 1.165) is 28.9 Å². The lowest BCUT2D eigenvalue weighted by molar-refractivity contribution is 0.242. The van der Waals surface area contributed by atoms with Gasteiger partial charge >= 0.3 is 7.12 Å². The SMILES string of the molecule is CC(C)Oc1ccc(ONc2ccc3c(c2)B(O)OCC3)cc1. The molecule has 0 unspecified atom stereocenters. The van der Waals surface area contributed by atoms with Crippen LogP contribution in [0.3, 0.4) is 0 Å². The number of anilines is 1. The number of ether oxygens (including phenoxy) is 1. The summed E-state index contributed by atoms with van der Waals surface area (Å²) in [5, 5.41) is 9.87. The molecule has 3 rings (SSSR count). The van der Waals surface area contributed by atoms with Crippen molar-refractivity contribution in [2.45, 2.75) is 26.4 Å². The first-order valence-corrected chi connectivity index (χ1v) is 7.74. The highest BCUT2D eigenvalue weighted by molar-refractivity contribution is 6.61. The predicted molar refractivity (Wildman–Crippen MR) is 90.2 cm³/mol. The highest BCUT2D eigenvalue weighted by atomic mass is 16.6. The van der Waals surface area contributed by atoms with Crippen molar-refractivity contribution < 1.29 is 19.3 Å². The number of fused-ring (bicyclic) bond motifs is 1. The molecule has 5 nitrogen and oxygen atoms in total. The average molecular weight is 313 g/mol. The fourth-order valence-electron chi connectivity index (χ4n) is 2.46. The normalized spacial score (nSPS) is 13.7. The van der Waals surface area contributed by atoms with E-state index in [0.29, 0.717) is 12.4 Å². The molecule has 6 heteroatoms. The van der Waals surface area contributed by atoms with Crippen LogP contribution in [0.5, 0.6) is 11.5 Å². The molecule has 2 aromatic carbocycles. The number of hydrogen-bond donors (Lipinski definition) is 2. The molecule has 0 aromatic heterocycles. The van der Waals surface area contributed by atoms with E-state index in [1.165, 1.54) is 0 Å². The van der Waals surface area contributed by atoms with E-state index in [1.54, 1.807) is 0 Å². The maximum atomic E-state index is 9.87. The zero-order valence-corrected chi connectivity index (χ0v) is 13.3. The van der Waals surface area contributed by atoms with Crippen LogP contribution in [-0.2, 0) is 11.1 Å². The maximum absolute atomic E-state index is 9.87. The van der Waals surface area contributed by atoms with Gasteiger partial charge in [-0.15, -0.1) is 0 Å². The van der Waals surface area contributed by atoms with Gasteiger partial charge in [0.2, 0.25) is 0 Å². The van der Waals surface area contributed by atoms with Gasteiger partial charge in [0.25, 0.3) is 0 Å². The second-order valence-electron chi connectivity index (χ2n) is 5.73. The summed E-state index contributed by atoms with van der Waals surface area (Å²) in [7, 11) is -0.868. The summed E-state index contributed by atoms with van der Waals surface area (Å²) < 4.78 is 10.8. The van der Waals surface area contributed by atoms with Gasteiger partial charge in [0.1, 0.15) is 5.75 Å². The molecular formula is C17H20BNO4. The molecule has 0 amide bonds. The van der Waals surface area contributed by atoms with Gasteiger partial charge in [-0.3, -0.25) is 0 Å². The molecule has 2 N–H and O–H groups in total. The van der Waals surface area contributed by atoms with Crippen LogP contribution >= 0.6 is 0 Å². The molecule has 120 valence electrons. The van der Waals surface area contributed by atoms with Crippen molar-refractivity contribution in [1.82, 2.24) is 0 Å². The molecule has 0 spiro atoms.